The maximum atomic E-state index is 12.1. The van der Waals surface area contributed by atoms with Gasteiger partial charge in [-0.15, -0.1) is 0 Å². The van der Waals surface area contributed by atoms with E-state index in [1.165, 1.54) is 11.1 Å². The number of nitrogens with zero attached hydrogens (tertiary/aromatic N) is 3. The molecule has 1 aromatic carbocycles. The summed E-state index contributed by atoms with van der Waals surface area (Å²) in [6.45, 7) is 13.7. The van der Waals surface area contributed by atoms with Gasteiger partial charge in [-0.25, -0.2) is 4.98 Å². The lowest BCUT2D eigenvalue weighted by atomic mass is 10.1. The number of aromatic nitrogens is 1. The zero-order chi connectivity index (χ0) is 22.2. The van der Waals surface area contributed by atoms with Gasteiger partial charge in [0.1, 0.15) is 0 Å². The number of hydrogen-bond acceptors (Lipinski definition) is 6. The molecule has 1 aliphatic heterocycles. The van der Waals surface area contributed by atoms with Crippen LogP contribution in [0.5, 0.6) is 5.75 Å². The highest BCUT2D eigenvalue weighted by molar-refractivity contribution is 5.76. The van der Waals surface area contributed by atoms with Crippen LogP contribution in [-0.2, 0) is 17.9 Å². The highest BCUT2D eigenvalue weighted by Gasteiger charge is 2.30. The molecular weight excluding hydrogens is 388 g/mol. The molecule has 1 atom stereocenters. The van der Waals surface area contributed by atoms with Gasteiger partial charge in [0.15, 0.2) is 11.6 Å². The molecule has 6 nitrogen and oxygen atoms in total. The molecule has 3 rings (SSSR count). The van der Waals surface area contributed by atoms with Gasteiger partial charge in [0.2, 0.25) is 0 Å². The smallest absolute Gasteiger partial charge is 0.313 e. The number of benzene rings is 1. The standard InChI is InChI=1S/C25H36N4O2/c1-5-26-16-20-9-11-21(12-10-20)17-28(6-2)22-13-15-29(18-22)24-23(8-7-14-27-24)31-25(30)19(3)4/h7-12,14,19,22,26H,5-6,13,15-18H2,1-4H3/t22-/m1/s1. The van der Waals surface area contributed by atoms with Crippen molar-refractivity contribution < 1.29 is 9.53 Å². The third-order valence-corrected chi connectivity index (χ3v) is 5.81. The van der Waals surface area contributed by atoms with Crippen molar-refractivity contribution >= 4 is 11.8 Å². The van der Waals surface area contributed by atoms with E-state index in [-0.39, 0.29) is 11.9 Å². The van der Waals surface area contributed by atoms with Crippen LogP contribution < -0.4 is 15.0 Å². The SMILES string of the molecule is CCNCc1ccc(CN(CC)[C@@H]2CCN(c3ncccc3OC(=O)C(C)C)C2)cc1. The summed E-state index contributed by atoms with van der Waals surface area (Å²) >= 11 is 0. The molecular formula is C25H36N4O2. The molecule has 1 aromatic heterocycles. The fraction of sp³-hybridized carbons (Fsp3) is 0.520. The van der Waals surface area contributed by atoms with Crippen molar-refractivity contribution in [2.45, 2.75) is 53.2 Å². The van der Waals surface area contributed by atoms with Crippen molar-refractivity contribution in [3.8, 4) is 5.75 Å². The quantitative estimate of drug-likeness (QED) is 0.585. The second kappa shape index (κ2) is 11.3. The fourth-order valence-electron chi connectivity index (χ4n) is 3.92. The molecule has 0 unspecified atom stereocenters. The van der Waals surface area contributed by atoms with E-state index in [1.54, 1.807) is 6.20 Å². The van der Waals surface area contributed by atoms with Gasteiger partial charge < -0.3 is 15.0 Å². The maximum Gasteiger partial charge on any atom is 0.313 e. The van der Waals surface area contributed by atoms with Crippen molar-refractivity contribution in [3.05, 3.63) is 53.7 Å². The second-order valence-corrected chi connectivity index (χ2v) is 8.45. The van der Waals surface area contributed by atoms with Crippen molar-refractivity contribution in [2.24, 2.45) is 5.92 Å². The first kappa shape index (κ1) is 23.2. The van der Waals surface area contributed by atoms with E-state index in [0.29, 0.717) is 11.8 Å². The van der Waals surface area contributed by atoms with Crippen LogP contribution in [0.3, 0.4) is 0 Å². The normalized spacial score (nSPS) is 16.3. The summed E-state index contributed by atoms with van der Waals surface area (Å²) in [5.74, 6) is 0.931. The molecule has 6 heteroatoms. The third-order valence-electron chi connectivity index (χ3n) is 5.81. The lowest BCUT2D eigenvalue weighted by Crippen LogP contribution is -2.37. The molecule has 1 aliphatic rings. The van der Waals surface area contributed by atoms with E-state index in [2.05, 4.69) is 58.2 Å². The van der Waals surface area contributed by atoms with Crippen LogP contribution in [0.15, 0.2) is 42.6 Å². The van der Waals surface area contributed by atoms with Gasteiger partial charge in [-0.1, -0.05) is 52.0 Å². The summed E-state index contributed by atoms with van der Waals surface area (Å²) in [5, 5.41) is 3.37. The van der Waals surface area contributed by atoms with Gasteiger partial charge in [0.25, 0.3) is 0 Å². The first-order chi connectivity index (χ1) is 15.0. The number of pyridine rings is 1. The first-order valence-corrected chi connectivity index (χ1v) is 11.5. The van der Waals surface area contributed by atoms with Crippen LogP contribution in [0.2, 0.25) is 0 Å². The lowest BCUT2D eigenvalue weighted by molar-refractivity contribution is -0.137. The monoisotopic (exact) mass is 424 g/mol. The molecule has 2 heterocycles. The van der Waals surface area contributed by atoms with E-state index in [0.717, 1.165) is 51.5 Å². The molecule has 0 spiro atoms. The molecule has 0 aliphatic carbocycles. The molecule has 168 valence electrons. The average Bonchev–Trinajstić information content (AvgIpc) is 3.27. The predicted octanol–water partition coefficient (Wildman–Crippen LogP) is 3.85. The molecule has 0 saturated carbocycles. The van der Waals surface area contributed by atoms with E-state index in [9.17, 15) is 4.79 Å². The molecule has 2 aromatic rings. The summed E-state index contributed by atoms with van der Waals surface area (Å²) in [5.41, 5.74) is 2.66. The summed E-state index contributed by atoms with van der Waals surface area (Å²) in [4.78, 5) is 21.4. The second-order valence-electron chi connectivity index (χ2n) is 8.45. The van der Waals surface area contributed by atoms with Gasteiger partial charge in [-0.3, -0.25) is 9.69 Å². The molecule has 1 saturated heterocycles. The van der Waals surface area contributed by atoms with Crippen molar-refractivity contribution in [3.63, 3.8) is 0 Å². The maximum absolute atomic E-state index is 12.1. The Morgan fingerprint density at radius 1 is 1.23 bits per heavy atom. The van der Waals surface area contributed by atoms with Crippen LogP contribution in [-0.4, -0.2) is 48.1 Å². The van der Waals surface area contributed by atoms with Gasteiger partial charge in [0.05, 0.1) is 5.92 Å². The number of likely N-dealkylation sites (N-methyl/N-ethyl adjacent to an activating group) is 1. The van der Waals surface area contributed by atoms with Crippen molar-refractivity contribution in [1.82, 2.24) is 15.2 Å². The Bertz CT molecular complexity index is 838. The van der Waals surface area contributed by atoms with Gasteiger partial charge in [0, 0.05) is 38.4 Å². The summed E-state index contributed by atoms with van der Waals surface area (Å²) in [7, 11) is 0. The highest BCUT2D eigenvalue weighted by Crippen LogP contribution is 2.30. The number of nitrogens with one attached hydrogen (secondary N) is 1. The minimum absolute atomic E-state index is 0.167. The molecule has 1 N–H and O–H groups in total. The number of rotatable bonds is 10. The van der Waals surface area contributed by atoms with Crippen molar-refractivity contribution in [2.75, 3.05) is 31.1 Å². The van der Waals surface area contributed by atoms with Crippen molar-refractivity contribution in [1.29, 1.82) is 0 Å². The number of hydrogen-bond donors (Lipinski definition) is 1. The average molecular weight is 425 g/mol. The first-order valence-electron chi connectivity index (χ1n) is 11.5. The molecule has 0 amide bonds. The van der Waals surface area contributed by atoms with Crippen LogP contribution in [0.25, 0.3) is 0 Å². The number of carbonyl (C=O) groups excluding carboxylic acids is 1. The molecule has 1 fully saturated rings. The minimum Gasteiger partial charge on any atom is -0.422 e. The molecule has 31 heavy (non-hydrogen) atoms. The zero-order valence-corrected chi connectivity index (χ0v) is 19.3. The van der Waals surface area contributed by atoms with Crippen LogP contribution in [0.4, 0.5) is 5.82 Å². The van der Waals surface area contributed by atoms with Gasteiger partial charge >= 0.3 is 5.97 Å². The number of esters is 1. The van der Waals surface area contributed by atoms with E-state index in [1.807, 2.05) is 26.0 Å². The van der Waals surface area contributed by atoms with Crippen LogP contribution in [0, 0.1) is 5.92 Å². The van der Waals surface area contributed by atoms with Crippen LogP contribution >= 0.6 is 0 Å². The Morgan fingerprint density at radius 3 is 2.65 bits per heavy atom. The predicted molar refractivity (Wildman–Crippen MR) is 125 cm³/mol. The largest absolute Gasteiger partial charge is 0.422 e. The third kappa shape index (κ3) is 6.28. The highest BCUT2D eigenvalue weighted by atomic mass is 16.5. The number of anilines is 1. The van der Waals surface area contributed by atoms with E-state index >= 15 is 0 Å². The minimum atomic E-state index is -0.224. The molecule has 0 bridgehead atoms. The molecule has 0 radical (unpaired) electrons. The fourth-order valence-corrected chi connectivity index (χ4v) is 3.92. The number of ether oxygens (including phenoxy) is 1. The van der Waals surface area contributed by atoms with E-state index < -0.39 is 0 Å². The van der Waals surface area contributed by atoms with E-state index in [4.69, 9.17) is 4.74 Å². The Kier molecular flexibility index (Phi) is 8.43. The zero-order valence-electron chi connectivity index (χ0n) is 19.3. The Labute approximate surface area is 186 Å². The Morgan fingerprint density at radius 2 is 1.97 bits per heavy atom. The Balaban J connectivity index is 1.63. The Hall–Kier alpha value is -2.44. The summed E-state index contributed by atoms with van der Waals surface area (Å²) in [6, 6.07) is 13.0. The summed E-state index contributed by atoms with van der Waals surface area (Å²) in [6.07, 6.45) is 2.84. The van der Waals surface area contributed by atoms with Gasteiger partial charge in [-0.05, 0) is 42.8 Å². The lowest BCUT2D eigenvalue weighted by Gasteiger charge is -2.28. The number of carbonyl (C=O) groups is 1. The topological polar surface area (TPSA) is 57.7 Å². The van der Waals surface area contributed by atoms with Gasteiger partial charge in [-0.2, -0.15) is 0 Å². The summed E-state index contributed by atoms with van der Waals surface area (Å²) < 4.78 is 5.61. The van der Waals surface area contributed by atoms with Crippen LogP contribution in [0.1, 0.15) is 45.2 Å².